The van der Waals surface area contributed by atoms with Crippen LogP contribution in [-0.2, 0) is 0 Å². The highest BCUT2D eigenvalue weighted by Gasteiger charge is 2.06. The summed E-state index contributed by atoms with van der Waals surface area (Å²) in [5.74, 6) is -0.151. The first-order valence-corrected chi connectivity index (χ1v) is 7.84. The predicted molar refractivity (Wildman–Crippen MR) is 94.5 cm³/mol. The number of nitrogens with zero attached hydrogens (tertiary/aromatic N) is 2. The highest BCUT2D eigenvalue weighted by atomic mass is 35.5. The molecule has 23 heavy (non-hydrogen) atoms. The Morgan fingerprint density at radius 1 is 1.13 bits per heavy atom. The lowest BCUT2D eigenvalue weighted by Gasteiger charge is -2.10. The molecule has 0 saturated carbocycles. The Kier molecular flexibility index (Phi) is 6.38. The second kappa shape index (κ2) is 8.50. The summed E-state index contributed by atoms with van der Waals surface area (Å²) >= 11 is 5.85. The monoisotopic (exact) mass is 332 g/mol. The van der Waals surface area contributed by atoms with Crippen LogP contribution in [0.2, 0.25) is 5.02 Å². The fourth-order valence-electron chi connectivity index (χ4n) is 1.99. The Morgan fingerprint density at radius 3 is 2.43 bits per heavy atom. The molecule has 0 aliphatic heterocycles. The van der Waals surface area contributed by atoms with Gasteiger partial charge < -0.3 is 15.5 Å². The Bertz CT molecular complexity index is 626. The molecular weight excluding hydrogens is 312 g/mol. The zero-order valence-corrected chi connectivity index (χ0v) is 14.1. The average molecular weight is 333 g/mol. The molecule has 0 aliphatic rings. The molecule has 2 rings (SSSR count). The lowest BCUT2D eigenvalue weighted by atomic mass is 10.3. The fraction of sp³-hybridized carbons (Fsp3) is 0.294. The molecule has 0 aliphatic carbocycles. The normalized spacial score (nSPS) is 10.6. The summed E-state index contributed by atoms with van der Waals surface area (Å²) in [4.78, 5) is 18.3. The van der Waals surface area contributed by atoms with Gasteiger partial charge in [-0.25, -0.2) is 4.98 Å². The van der Waals surface area contributed by atoms with E-state index in [1.54, 1.807) is 12.3 Å². The van der Waals surface area contributed by atoms with Crippen LogP contribution in [0.25, 0.3) is 0 Å². The highest BCUT2D eigenvalue weighted by molar-refractivity contribution is 6.30. The van der Waals surface area contributed by atoms with Crippen molar-refractivity contribution in [3.63, 3.8) is 0 Å². The SMILES string of the molecule is CN(C)CCCNC(=O)c1ccc(Nc2ccc(Cl)cc2)cn1. The Balaban J connectivity index is 1.86. The maximum Gasteiger partial charge on any atom is 0.269 e. The third kappa shape index (κ3) is 5.88. The van der Waals surface area contributed by atoms with Gasteiger partial charge in [-0.05, 0) is 63.5 Å². The van der Waals surface area contributed by atoms with Crippen LogP contribution in [0.5, 0.6) is 0 Å². The van der Waals surface area contributed by atoms with E-state index in [1.807, 2.05) is 44.4 Å². The van der Waals surface area contributed by atoms with E-state index in [0.29, 0.717) is 17.3 Å². The molecule has 2 N–H and O–H groups in total. The van der Waals surface area contributed by atoms with Gasteiger partial charge in [-0.2, -0.15) is 0 Å². The van der Waals surface area contributed by atoms with E-state index >= 15 is 0 Å². The van der Waals surface area contributed by atoms with Gasteiger partial charge in [0.25, 0.3) is 5.91 Å². The van der Waals surface area contributed by atoms with Crippen molar-refractivity contribution in [2.45, 2.75) is 6.42 Å². The van der Waals surface area contributed by atoms with E-state index < -0.39 is 0 Å². The number of aromatic nitrogens is 1. The van der Waals surface area contributed by atoms with E-state index in [4.69, 9.17) is 11.6 Å². The summed E-state index contributed by atoms with van der Waals surface area (Å²) in [5, 5.41) is 6.76. The van der Waals surface area contributed by atoms with Crippen LogP contribution >= 0.6 is 11.6 Å². The van der Waals surface area contributed by atoms with Gasteiger partial charge in [0.1, 0.15) is 5.69 Å². The summed E-state index contributed by atoms with van der Waals surface area (Å²) in [5.41, 5.74) is 2.14. The van der Waals surface area contributed by atoms with Crippen molar-refractivity contribution in [3.05, 3.63) is 53.3 Å². The number of carbonyl (C=O) groups excluding carboxylic acids is 1. The largest absolute Gasteiger partial charge is 0.354 e. The molecule has 0 unspecified atom stereocenters. The van der Waals surface area contributed by atoms with Crippen LogP contribution in [0.3, 0.4) is 0 Å². The number of anilines is 2. The van der Waals surface area contributed by atoms with Crippen molar-refractivity contribution >= 4 is 28.9 Å². The van der Waals surface area contributed by atoms with Crippen LogP contribution in [0.1, 0.15) is 16.9 Å². The van der Waals surface area contributed by atoms with Crippen molar-refractivity contribution in [3.8, 4) is 0 Å². The second-order valence-corrected chi connectivity index (χ2v) is 5.91. The number of hydrogen-bond donors (Lipinski definition) is 2. The molecule has 6 heteroatoms. The summed E-state index contributed by atoms with van der Waals surface area (Å²) in [6.07, 6.45) is 2.55. The van der Waals surface area contributed by atoms with Gasteiger partial charge in [0, 0.05) is 17.3 Å². The topological polar surface area (TPSA) is 57.3 Å². The summed E-state index contributed by atoms with van der Waals surface area (Å²) in [6, 6.07) is 10.9. The number of nitrogens with one attached hydrogen (secondary N) is 2. The Hall–Kier alpha value is -2.11. The molecule has 0 bridgehead atoms. The standard InChI is InChI=1S/C17H21ClN4O/c1-22(2)11-3-10-19-17(23)16-9-8-15(12-20-16)21-14-6-4-13(18)5-7-14/h4-9,12,21H,3,10-11H2,1-2H3,(H,19,23). The van der Waals surface area contributed by atoms with Crippen LogP contribution in [0.4, 0.5) is 11.4 Å². The highest BCUT2D eigenvalue weighted by Crippen LogP contribution is 2.18. The minimum atomic E-state index is -0.151. The number of benzene rings is 1. The minimum Gasteiger partial charge on any atom is -0.354 e. The molecule has 0 atom stereocenters. The number of amides is 1. The quantitative estimate of drug-likeness (QED) is 0.765. The van der Waals surface area contributed by atoms with E-state index in [0.717, 1.165) is 24.3 Å². The van der Waals surface area contributed by atoms with Gasteiger partial charge in [-0.3, -0.25) is 4.79 Å². The summed E-state index contributed by atoms with van der Waals surface area (Å²) < 4.78 is 0. The molecular formula is C17H21ClN4O. The van der Waals surface area contributed by atoms with Crippen molar-refractivity contribution < 1.29 is 4.79 Å². The first kappa shape index (κ1) is 17.2. The number of carbonyl (C=O) groups is 1. The predicted octanol–water partition coefficient (Wildman–Crippen LogP) is 3.16. The fourth-order valence-corrected chi connectivity index (χ4v) is 2.12. The van der Waals surface area contributed by atoms with Gasteiger partial charge in [-0.15, -0.1) is 0 Å². The van der Waals surface area contributed by atoms with Crippen molar-refractivity contribution in [2.24, 2.45) is 0 Å². The van der Waals surface area contributed by atoms with E-state index in [1.165, 1.54) is 0 Å². The molecule has 1 heterocycles. The Labute approximate surface area is 141 Å². The smallest absolute Gasteiger partial charge is 0.269 e. The Morgan fingerprint density at radius 2 is 1.83 bits per heavy atom. The zero-order valence-electron chi connectivity index (χ0n) is 13.3. The third-order valence-electron chi connectivity index (χ3n) is 3.20. The molecule has 1 aromatic carbocycles. The number of rotatable bonds is 7. The molecule has 0 spiro atoms. The van der Waals surface area contributed by atoms with Crippen molar-refractivity contribution in [2.75, 3.05) is 32.5 Å². The van der Waals surface area contributed by atoms with Gasteiger partial charge >= 0.3 is 0 Å². The first-order chi connectivity index (χ1) is 11.0. The van der Waals surface area contributed by atoms with E-state index in [9.17, 15) is 4.79 Å². The number of halogens is 1. The number of hydrogen-bond acceptors (Lipinski definition) is 4. The van der Waals surface area contributed by atoms with Crippen molar-refractivity contribution in [1.29, 1.82) is 0 Å². The molecule has 2 aromatic rings. The molecule has 122 valence electrons. The first-order valence-electron chi connectivity index (χ1n) is 7.46. The van der Waals surface area contributed by atoms with Crippen LogP contribution in [-0.4, -0.2) is 43.0 Å². The molecule has 1 aromatic heterocycles. The molecule has 0 radical (unpaired) electrons. The second-order valence-electron chi connectivity index (χ2n) is 5.48. The average Bonchev–Trinajstić information content (AvgIpc) is 2.54. The maximum atomic E-state index is 12.0. The third-order valence-corrected chi connectivity index (χ3v) is 3.45. The van der Waals surface area contributed by atoms with Crippen LogP contribution in [0, 0.1) is 0 Å². The van der Waals surface area contributed by atoms with Gasteiger partial charge in [0.2, 0.25) is 0 Å². The van der Waals surface area contributed by atoms with E-state index in [2.05, 4.69) is 20.5 Å². The van der Waals surface area contributed by atoms with Crippen LogP contribution in [0.15, 0.2) is 42.6 Å². The molecule has 1 amide bonds. The van der Waals surface area contributed by atoms with Crippen LogP contribution < -0.4 is 10.6 Å². The lowest BCUT2D eigenvalue weighted by Crippen LogP contribution is -2.27. The molecule has 0 fully saturated rings. The van der Waals surface area contributed by atoms with Gasteiger partial charge in [0.05, 0.1) is 11.9 Å². The maximum absolute atomic E-state index is 12.0. The van der Waals surface area contributed by atoms with Gasteiger partial charge in [-0.1, -0.05) is 11.6 Å². The van der Waals surface area contributed by atoms with Gasteiger partial charge in [0.15, 0.2) is 0 Å². The lowest BCUT2D eigenvalue weighted by molar-refractivity contribution is 0.0947. The number of pyridine rings is 1. The van der Waals surface area contributed by atoms with Crippen molar-refractivity contribution in [1.82, 2.24) is 15.2 Å². The summed E-state index contributed by atoms with van der Waals surface area (Å²) in [6.45, 7) is 1.58. The summed E-state index contributed by atoms with van der Waals surface area (Å²) in [7, 11) is 4.02. The van der Waals surface area contributed by atoms with E-state index in [-0.39, 0.29) is 5.91 Å². The molecule has 0 saturated heterocycles. The molecule has 5 nitrogen and oxygen atoms in total. The zero-order chi connectivity index (χ0) is 16.7. The minimum absolute atomic E-state index is 0.151.